The van der Waals surface area contributed by atoms with E-state index in [4.69, 9.17) is 0 Å². The summed E-state index contributed by atoms with van der Waals surface area (Å²) in [6, 6.07) is 7.90. The van der Waals surface area contributed by atoms with Crippen molar-refractivity contribution in [2.75, 3.05) is 19.6 Å². The molecular formula is C17H25NO. The van der Waals surface area contributed by atoms with E-state index in [0.717, 1.165) is 36.7 Å². The van der Waals surface area contributed by atoms with Gasteiger partial charge in [-0.15, -0.1) is 0 Å². The molecule has 2 heteroatoms. The van der Waals surface area contributed by atoms with E-state index < -0.39 is 0 Å². The Hall–Kier alpha value is -1.15. The van der Waals surface area contributed by atoms with E-state index in [1.165, 1.54) is 19.3 Å². The largest absolute Gasteiger partial charge is 0.303 e. The zero-order valence-corrected chi connectivity index (χ0v) is 12.2. The molecule has 1 aliphatic heterocycles. The average Bonchev–Trinajstić information content (AvgIpc) is 2.61. The molecular weight excluding hydrogens is 234 g/mol. The predicted octanol–water partition coefficient (Wildman–Crippen LogP) is 3.69. The maximum atomic E-state index is 12.2. The Balaban J connectivity index is 1.85. The molecule has 1 heterocycles. The maximum Gasteiger partial charge on any atom is 0.164 e. The molecule has 104 valence electrons. The lowest BCUT2D eigenvalue weighted by Crippen LogP contribution is -2.27. The molecule has 0 aromatic heterocycles. The minimum Gasteiger partial charge on any atom is -0.303 e. The van der Waals surface area contributed by atoms with Crippen LogP contribution in [0.1, 0.15) is 48.5 Å². The van der Waals surface area contributed by atoms with Gasteiger partial charge >= 0.3 is 0 Å². The summed E-state index contributed by atoms with van der Waals surface area (Å²) in [5.74, 6) is 1.13. The third-order valence-electron chi connectivity index (χ3n) is 4.21. The van der Waals surface area contributed by atoms with Crippen molar-refractivity contribution in [2.24, 2.45) is 5.92 Å². The summed E-state index contributed by atoms with van der Waals surface area (Å²) in [7, 11) is 0. The zero-order chi connectivity index (χ0) is 13.7. The average molecular weight is 259 g/mol. The molecule has 2 rings (SSSR count). The highest BCUT2D eigenvalue weighted by molar-refractivity contribution is 5.97. The Bertz CT molecular complexity index is 427. The fraction of sp³-hybridized carbons (Fsp3) is 0.588. The van der Waals surface area contributed by atoms with Crippen molar-refractivity contribution in [2.45, 2.75) is 39.5 Å². The molecule has 1 saturated heterocycles. The Morgan fingerprint density at radius 1 is 1.26 bits per heavy atom. The molecule has 1 atom stereocenters. The second kappa shape index (κ2) is 6.85. The number of hydrogen-bond donors (Lipinski definition) is 0. The smallest absolute Gasteiger partial charge is 0.164 e. The molecule has 0 N–H and O–H groups in total. The summed E-state index contributed by atoms with van der Waals surface area (Å²) in [4.78, 5) is 14.7. The second-order valence-electron chi connectivity index (χ2n) is 5.87. The Labute approximate surface area is 116 Å². The van der Waals surface area contributed by atoms with Crippen molar-refractivity contribution >= 4 is 5.78 Å². The number of likely N-dealkylation sites (tertiary alicyclic amines) is 1. The lowest BCUT2D eigenvalue weighted by molar-refractivity contribution is 0.0964. The van der Waals surface area contributed by atoms with Crippen molar-refractivity contribution in [1.82, 2.24) is 4.90 Å². The zero-order valence-electron chi connectivity index (χ0n) is 12.2. The van der Waals surface area contributed by atoms with E-state index in [2.05, 4.69) is 11.8 Å². The molecule has 1 unspecified atom stereocenters. The number of ketones is 1. The molecule has 1 aromatic carbocycles. The van der Waals surface area contributed by atoms with Gasteiger partial charge in [0.05, 0.1) is 0 Å². The van der Waals surface area contributed by atoms with Gasteiger partial charge in [-0.05, 0) is 50.8 Å². The number of aryl methyl sites for hydroxylation is 1. The molecule has 0 bridgehead atoms. The first-order valence-corrected chi connectivity index (χ1v) is 7.48. The van der Waals surface area contributed by atoms with Crippen LogP contribution in [-0.4, -0.2) is 30.3 Å². The molecule has 1 aliphatic rings. The Morgan fingerprint density at radius 2 is 2.05 bits per heavy atom. The fourth-order valence-corrected chi connectivity index (χ4v) is 2.83. The van der Waals surface area contributed by atoms with Crippen molar-refractivity contribution in [3.8, 4) is 0 Å². The highest BCUT2D eigenvalue weighted by Gasteiger charge is 2.15. The normalized spacial score (nSPS) is 21.1. The first kappa shape index (κ1) is 14.3. The molecule has 1 aromatic rings. The van der Waals surface area contributed by atoms with Crippen molar-refractivity contribution in [1.29, 1.82) is 0 Å². The van der Waals surface area contributed by atoms with Crippen LogP contribution in [0.3, 0.4) is 0 Å². The van der Waals surface area contributed by atoms with Crippen LogP contribution < -0.4 is 0 Å². The van der Waals surface area contributed by atoms with Crippen LogP contribution in [0.15, 0.2) is 24.3 Å². The van der Waals surface area contributed by atoms with Crippen LogP contribution in [0.5, 0.6) is 0 Å². The third kappa shape index (κ3) is 4.17. The van der Waals surface area contributed by atoms with Gasteiger partial charge in [-0.1, -0.05) is 31.2 Å². The van der Waals surface area contributed by atoms with E-state index in [1.807, 2.05) is 31.2 Å². The van der Waals surface area contributed by atoms with Crippen LogP contribution in [0.25, 0.3) is 0 Å². The SMILES string of the molecule is Cc1ccccc1C(=O)CCN1CCCC(C)CC1. The molecule has 0 amide bonds. The van der Waals surface area contributed by atoms with Gasteiger partial charge in [0, 0.05) is 18.5 Å². The maximum absolute atomic E-state index is 12.2. The van der Waals surface area contributed by atoms with Gasteiger partial charge in [-0.2, -0.15) is 0 Å². The first-order valence-electron chi connectivity index (χ1n) is 7.48. The van der Waals surface area contributed by atoms with E-state index >= 15 is 0 Å². The van der Waals surface area contributed by atoms with Crippen LogP contribution in [0, 0.1) is 12.8 Å². The van der Waals surface area contributed by atoms with Crippen LogP contribution in [0.2, 0.25) is 0 Å². The number of rotatable bonds is 4. The van der Waals surface area contributed by atoms with Crippen LogP contribution in [0.4, 0.5) is 0 Å². The van der Waals surface area contributed by atoms with Gasteiger partial charge in [-0.3, -0.25) is 4.79 Å². The van der Waals surface area contributed by atoms with Crippen molar-refractivity contribution < 1.29 is 4.79 Å². The Morgan fingerprint density at radius 3 is 2.84 bits per heavy atom. The van der Waals surface area contributed by atoms with Gasteiger partial charge in [0.1, 0.15) is 0 Å². The monoisotopic (exact) mass is 259 g/mol. The fourth-order valence-electron chi connectivity index (χ4n) is 2.83. The van der Waals surface area contributed by atoms with Gasteiger partial charge < -0.3 is 4.90 Å². The highest BCUT2D eigenvalue weighted by atomic mass is 16.1. The van der Waals surface area contributed by atoms with E-state index in [1.54, 1.807) is 0 Å². The standard InChI is InChI=1S/C17H25NO/c1-14-6-5-11-18(12-9-14)13-10-17(19)16-8-4-3-7-15(16)2/h3-4,7-8,14H,5-6,9-13H2,1-2H3. The molecule has 0 aliphatic carbocycles. The van der Waals surface area contributed by atoms with Gasteiger partial charge in [0.25, 0.3) is 0 Å². The summed E-state index contributed by atoms with van der Waals surface area (Å²) in [6.45, 7) is 7.58. The first-order chi connectivity index (χ1) is 9.16. The lowest BCUT2D eigenvalue weighted by Gasteiger charge is -2.19. The summed E-state index contributed by atoms with van der Waals surface area (Å²) in [6.07, 6.45) is 4.54. The highest BCUT2D eigenvalue weighted by Crippen LogP contribution is 2.17. The number of carbonyl (C=O) groups is 1. The Kier molecular flexibility index (Phi) is 5.15. The third-order valence-corrected chi connectivity index (χ3v) is 4.21. The van der Waals surface area contributed by atoms with Gasteiger partial charge in [0.2, 0.25) is 0 Å². The number of benzene rings is 1. The van der Waals surface area contributed by atoms with E-state index in [-0.39, 0.29) is 5.78 Å². The van der Waals surface area contributed by atoms with Gasteiger partial charge in [-0.25, -0.2) is 0 Å². The number of hydrogen-bond acceptors (Lipinski definition) is 2. The van der Waals surface area contributed by atoms with E-state index in [0.29, 0.717) is 6.42 Å². The minimum absolute atomic E-state index is 0.287. The van der Waals surface area contributed by atoms with Crippen LogP contribution in [-0.2, 0) is 0 Å². The van der Waals surface area contributed by atoms with Gasteiger partial charge in [0.15, 0.2) is 5.78 Å². The van der Waals surface area contributed by atoms with Crippen LogP contribution >= 0.6 is 0 Å². The quantitative estimate of drug-likeness (QED) is 0.769. The van der Waals surface area contributed by atoms with Crippen molar-refractivity contribution in [3.63, 3.8) is 0 Å². The molecule has 0 radical (unpaired) electrons. The summed E-state index contributed by atoms with van der Waals surface area (Å²) >= 11 is 0. The molecule has 1 fully saturated rings. The summed E-state index contributed by atoms with van der Waals surface area (Å²) in [5.41, 5.74) is 1.99. The second-order valence-corrected chi connectivity index (χ2v) is 5.87. The van der Waals surface area contributed by atoms with E-state index in [9.17, 15) is 4.79 Å². The predicted molar refractivity (Wildman–Crippen MR) is 79.6 cm³/mol. The molecule has 19 heavy (non-hydrogen) atoms. The number of Topliss-reactive ketones (excluding diaryl/α,β-unsaturated/α-hetero) is 1. The topological polar surface area (TPSA) is 20.3 Å². The number of nitrogens with zero attached hydrogens (tertiary/aromatic N) is 1. The van der Waals surface area contributed by atoms with Crippen molar-refractivity contribution in [3.05, 3.63) is 35.4 Å². The molecule has 0 saturated carbocycles. The summed E-state index contributed by atoms with van der Waals surface area (Å²) < 4.78 is 0. The lowest BCUT2D eigenvalue weighted by atomic mass is 10.0. The minimum atomic E-state index is 0.287. The summed E-state index contributed by atoms with van der Waals surface area (Å²) in [5, 5.41) is 0. The number of carbonyl (C=O) groups excluding carboxylic acids is 1. The molecule has 2 nitrogen and oxygen atoms in total. The molecule has 0 spiro atoms.